The van der Waals surface area contributed by atoms with Gasteiger partial charge in [-0.1, -0.05) is 45.0 Å². The fraction of sp³-hybridized carbons (Fsp3) is 0.171. The van der Waals surface area contributed by atoms with Crippen LogP contribution in [0.3, 0.4) is 0 Å². The lowest BCUT2D eigenvalue weighted by Gasteiger charge is -2.22. The van der Waals surface area contributed by atoms with E-state index in [0.29, 0.717) is 40.1 Å². The van der Waals surface area contributed by atoms with E-state index in [1.54, 1.807) is 54.7 Å². The van der Waals surface area contributed by atoms with Gasteiger partial charge in [-0.25, -0.2) is 23.0 Å². The highest BCUT2D eigenvalue weighted by atomic mass is 35.5. The first-order valence-electron chi connectivity index (χ1n) is 14.7. The molecule has 0 aliphatic heterocycles. The van der Waals surface area contributed by atoms with Crippen LogP contribution in [-0.4, -0.2) is 43.9 Å². The van der Waals surface area contributed by atoms with Crippen molar-refractivity contribution in [2.45, 2.75) is 26.2 Å². The van der Waals surface area contributed by atoms with Crippen molar-refractivity contribution < 1.29 is 32.6 Å². The van der Waals surface area contributed by atoms with Gasteiger partial charge in [0.1, 0.15) is 28.6 Å². The number of carboxylic acid groups (broad SMARTS) is 1. The Kier molecular flexibility index (Phi) is 10.9. The molecule has 0 saturated heterocycles. The Labute approximate surface area is 290 Å². The summed E-state index contributed by atoms with van der Waals surface area (Å²) in [6.45, 7) is 5.98. The summed E-state index contributed by atoms with van der Waals surface area (Å²) >= 11 is 0. The molecule has 0 aliphatic rings. The first-order valence-corrected chi connectivity index (χ1v) is 16.6. The highest BCUT2D eigenvalue weighted by Crippen LogP contribution is 2.36. The van der Waals surface area contributed by atoms with Crippen molar-refractivity contribution >= 4 is 73.8 Å². The molecule has 0 spiro atoms. The molecule has 12 nitrogen and oxygen atoms in total. The minimum atomic E-state index is -3.53. The maximum Gasteiger partial charge on any atom is 0.339 e. The second-order valence-corrected chi connectivity index (χ2v) is 13.7. The molecule has 5 N–H and O–H groups in total. The van der Waals surface area contributed by atoms with Gasteiger partial charge in [-0.2, -0.15) is 0 Å². The van der Waals surface area contributed by atoms with E-state index in [0.717, 1.165) is 22.6 Å². The van der Waals surface area contributed by atoms with E-state index in [2.05, 4.69) is 25.7 Å². The Morgan fingerprint density at radius 2 is 1.53 bits per heavy atom. The number of methoxy groups -OCH3 is 1. The van der Waals surface area contributed by atoms with Crippen LogP contribution in [0.5, 0.6) is 17.2 Å². The highest BCUT2D eigenvalue weighted by Gasteiger charge is 2.18. The van der Waals surface area contributed by atoms with Gasteiger partial charge in [-0.15, -0.1) is 12.4 Å². The number of amides is 2. The summed E-state index contributed by atoms with van der Waals surface area (Å²) in [7, 11) is -2.13. The van der Waals surface area contributed by atoms with Crippen LogP contribution in [0.25, 0.3) is 10.8 Å². The Hall–Kier alpha value is -5.53. The number of halogens is 1. The predicted octanol–water partition coefficient (Wildman–Crippen LogP) is 8.21. The van der Waals surface area contributed by atoms with Crippen molar-refractivity contribution in [2.24, 2.45) is 0 Å². The summed E-state index contributed by atoms with van der Waals surface area (Å²) in [5.41, 5.74) is 2.46. The van der Waals surface area contributed by atoms with Crippen LogP contribution in [0.15, 0.2) is 91.1 Å². The lowest BCUT2D eigenvalue weighted by molar-refractivity contribution is 0.0693. The van der Waals surface area contributed by atoms with Crippen LogP contribution < -0.4 is 30.1 Å². The summed E-state index contributed by atoms with van der Waals surface area (Å²) in [5, 5.41) is 19.7. The molecule has 1 aromatic heterocycles. The summed E-state index contributed by atoms with van der Waals surface area (Å²) < 4.78 is 37.7. The smallest absolute Gasteiger partial charge is 0.339 e. The molecule has 0 saturated carbocycles. The number of pyridine rings is 1. The molecule has 4 aromatic carbocycles. The Morgan fingerprint density at radius 1 is 0.816 bits per heavy atom. The highest BCUT2D eigenvalue weighted by molar-refractivity contribution is 7.92. The van der Waals surface area contributed by atoms with Crippen molar-refractivity contribution in [2.75, 3.05) is 34.0 Å². The maximum absolute atomic E-state index is 13.2. The van der Waals surface area contributed by atoms with Gasteiger partial charge in [-0.3, -0.25) is 4.72 Å². The molecular formula is C35H36ClN5O7S. The third-order valence-corrected chi connectivity index (χ3v) is 7.76. The van der Waals surface area contributed by atoms with Crippen molar-refractivity contribution in [3.05, 3.63) is 102 Å². The van der Waals surface area contributed by atoms with Gasteiger partial charge in [0, 0.05) is 40.5 Å². The number of sulfonamides is 1. The lowest BCUT2D eigenvalue weighted by Crippen LogP contribution is -2.21. The van der Waals surface area contributed by atoms with Crippen LogP contribution >= 0.6 is 12.4 Å². The average molecular weight is 706 g/mol. The van der Waals surface area contributed by atoms with Gasteiger partial charge in [0.2, 0.25) is 10.0 Å². The summed E-state index contributed by atoms with van der Waals surface area (Å²) in [6, 6.07) is 23.6. The first-order chi connectivity index (χ1) is 22.7. The number of carbonyl (C=O) groups is 2. The molecule has 0 bridgehead atoms. The molecular weight excluding hydrogens is 670 g/mol. The second kappa shape index (κ2) is 14.7. The fourth-order valence-corrected chi connectivity index (χ4v) is 5.47. The zero-order valence-electron chi connectivity index (χ0n) is 27.3. The van der Waals surface area contributed by atoms with E-state index in [-0.39, 0.29) is 29.1 Å². The monoisotopic (exact) mass is 705 g/mol. The number of urea groups is 1. The number of hydrogen-bond donors (Lipinski definition) is 5. The summed E-state index contributed by atoms with van der Waals surface area (Å²) in [5.74, 6) is 0.603. The van der Waals surface area contributed by atoms with Crippen LogP contribution in [-0.2, 0) is 15.4 Å². The van der Waals surface area contributed by atoms with E-state index in [1.165, 1.54) is 13.2 Å². The van der Waals surface area contributed by atoms with Crippen molar-refractivity contribution in [3.8, 4) is 17.2 Å². The number of carboxylic acids is 1. The normalized spacial score (nSPS) is 11.2. The number of nitrogens with one attached hydrogen (secondary N) is 4. The lowest BCUT2D eigenvalue weighted by atomic mass is 9.86. The second-order valence-electron chi connectivity index (χ2n) is 12.0. The van der Waals surface area contributed by atoms with Crippen LogP contribution in [0, 0.1) is 0 Å². The third kappa shape index (κ3) is 9.30. The summed E-state index contributed by atoms with van der Waals surface area (Å²) in [4.78, 5) is 29.0. The van der Waals surface area contributed by atoms with E-state index in [1.807, 2.05) is 51.1 Å². The van der Waals surface area contributed by atoms with Crippen LogP contribution in [0.4, 0.5) is 33.4 Å². The number of carbonyl (C=O) groups excluding carboxylic acids is 1. The number of nitrogens with zero attached hydrogens (tertiary/aromatic N) is 1. The van der Waals surface area contributed by atoms with E-state index >= 15 is 0 Å². The third-order valence-electron chi connectivity index (χ3n) is 7.16. The average Bonchev–Trinajstić information content (AvgIpc) is 3.01. The molecule has 0 unspecified atom stereocenters. The van der Waals surface area contributed by atoms with Gasteiger partial charge in [0.05, 0.1) is 24.7 Å². The minimum Gasteiger partial charge on any atom is -0.496 e. The van der Waals surface area contributed by atoms with Crippen LogP contribution in [0.1, 0.15) is 36.7 Å². The number of rotatable bonds is 10. The molecule has 1 heterocycles. The Morgan fingerprint density at radius 3 is 2.20 bits per heavy atom. The topological polar surface area (TPSA) is 168 Å². The molecule has 2 amide bonds. The zero-order chi connectivity index (χ0) is 34.6. The molecule has 5 rings (SSSR count). The standard InChI is InChI=1S/C35H35N5O7S.ClH/c1-35(2,3)21-16-23(18-24(17-21)40-48(5,44)45)38-34(43)39-29-12-13-30(27-9-7-6-8-26(27)29)47-25-14-15-36-32(20-25)37-22-10-11-28(33(41)42)31(19-22)46-4;/h6-20,40H,1-5H3,(H,36,37)(H,41,42)(H2,38,39,43);1H. The molecule has 0 atom stereocenters. The molecule has 0 radical (unpaired) electrons. The number of anilines is 5. The minimum absolute atomic E-state index is 0. The number of aromatic carboxylic acids is 1. The zero-order valence-corrected chi connectivity index (χ0v) is 29.0. The Balaban J connectivity index is 0.00000541. The van der Waals surface area contributed by atoms with Crippen molar-refractivity contribution in [3.63, 3.8) is 0 Å². The maximum atomic E-state index is 13.2. The quantitative estimate of drug-likeness (QED) is 0.0961. The fourth-order valence-electron chi connectivity index (χ4n) is 4.92. The molecule has 0 aliphatic carbocycles. The number of hydrogen-bond acceptors (Lipinski definition) is 8. The number of aromatic nitrogens is 1. The SMILES string of the molecule is COc1cc(Nc2cc(Oc3ccc(NC(=O)Nc4cc(NS(C)(=O)=O)cc(C(C)(C)C)c4)c4ccccc34)ccn2)ccc1C(=O)O.Cl. The molecule has 14 heteroatoms. The molecule has 0 fully saturated rings. The van der Waals surface area contributed by atoms with E-state index in [4.69, 9.17) is 9.47 Å². The van der Waals surface area contributed by atoms with E-state index in [9.17, 15) is 23.1 Å². The largest absolute Gasteiger partial charge is 0.496 e. The van der Waals surface area contributed by atoms with Gasteiger partial charge < -0.3 is 30.5 Å². The van der Waals surface area contributed by atoms with Gasteiger partial charge >= 0.3 is 12.0 Å². The van der Waals surface area contributed by atoms with Gasteiger partial charge in [0.15, 0.2) is 0 Å². The van der Waals surface area contributed by atoms with Crippen LogP contribution in [0.2, 0.25) is 0 Å². The van der Waals surface area contributed by atoms with Crippen molar-refractivity contribution in [1.82, 2.24) is 4.98 Å². The molecule has 5 aromatic rings. The predicted molar refractivity (Wildman–Crippen MR) is 195 cm³/mol. The summed E-state index contributed by atoms with van der Waals surface area (Å²) in [6.07, 6.45) is 2.65. The van der Waals surface area contributed by atoms with Gasteiger partial charge in [-0.05, 0) is 59.5 Å². The number of benzene rings is 4. The first kappa shape index (κ1) is 36.3. The Bertz CT molecular complexity index is 2140. The van der Waals surface area contributed by atoms with E-state index < -0.39 is 22.0 Å². The molecule has 256 valence electrons. The number of fused-ring (bicyclic) bond motifs is 1. The van der Waals surface area contributed by atoms with Gasteiger partial charge in [0.25, 0.3) is 0 Å². The van der Waals surface area contributed by atoms with Crippen molar-refractivity contribution in [1.29, 1.82) is 0 Å². The number of ether oxygens (including phenoxy) is 2. The molecule has 49 heavy (non-hydrogen) atoms.